The van der Waals surface area contributed by atoms with E-state index in [1.165, 1.54) is 13.2 Å². The quantitative estimate of drug-likeness (QED) is 0.691. The maximum atomic E-state index is 11.3. The van der Waals surface area contributed by atoms with E-state index < -0.39 is 12.6 Å². The molecule has 0 aliphatic carbocycles. The molecule has 5 heteroatoms. The van der Waals surface area contributed by atoms with Gasteiger partial charge in [-0.3, -0.25) is 0 Å². The smallest absolute Gasteiger partial charge is 0.338 e. The lowest BCUT2D eigenvalue weighted by atomic mass is 10.0. The zero-order valence-corrected chi connectivity index (χ0v) is 8.02. The highest BCUT2D eigenvalue weighted by Gasteiger charge is 2.16. The molecule has 0 aromatic heterocycles. The fourth-order valence-electron chi connectivity index (χ4n) is 1.22. The van der Waals surface area contributed by atoms with E-state index in [0.717, 1.165) is 6.07 Å². The minimum absolute atomic E-state index is 0.00319. The molecule has 0 radical (unpaired) electrons. The van der Waals surface area contributed by atoms with Gasteiger partial charge in [-0.2, -0.15) is 5.26 Å². The van der Waals surface area contributed by atoms with Crippen molar-refractivity contribution in [3.63, 3.8) is 0 Å². The summed E-state index contributed by atoms with van der Waals surface area (Å²) in [7, 11) is 1.18. The van der Waals surface area contributed by atoms with E-state index in [1.807, 2.05) is 0 Å². The number of phenolic OH excluding ortho intramolecular Hbond substituents is 1. The third kappa shape index (κ3) is 2.06. The van der Waals surface area contributed by atoms with Crippen LogP contribution < -0.4 is 0 Å². The number of ether oxygens (including phenoxy) is 1. The summed E-state index contributed by atoms with van der Waals surface area (Å²) < 4.78 is 4.46. The van der Waals surface area contributed by atoms with E-state index in [9.17, 15) is 9.90 Å². The minimum Gasteiger partial charge on any atom is -0.508 e. The van der Waals surface area contributed by atoms with E-state index in [-0.39, 0.29) is 22.4 Å². The molecule has 1 aromatic carbocycles. The van der Waals surface area contributed by atoms with Crippen molar-refractivity contribution < 1.29 is 19.7 Å². The maximum Gasteiger partial charge on any atom is 0.338 e. The molecule has 1 rings (SSSR count). The molecule has 15 heavy (non-hydrogen) atoms. The number of carbonyl (C=O) groups excluding carboxylic acids is 1. The number of benzene rings is 1. The number of nitriles is 1. The topological polar surface area (TPSA) is 90.5 Å². The van der Waals surface area contributed by atoms with E-state index in [4.69, 9.17) is 10.4 Å². The minimum atomic E-state index is -0.702. The zero-order chi connectivity index (χ0) is 11.4. The molecule has 0 spiro atoms. The summed E-state index contributed by atoms with van der Waals surface area (Å²) >= 11 is 0. The molecule has 78 valence electrons. The van der Waals surface area contributed by atoms with Crippen LogP contribution in [0.3, 0.4) is 0 Å². The molecular weight excluding hydrogens is 198 g/mol. The number of hydrogen-bond acceptors (Lipinski definition) is 5. The van der Waals surface area contributed by atoms with Crippen LogP contribution in [0.25, 0.3) is 0 Å². The van der Waals surface area contributed by atoms with E-state index in [2.05, 4.69) is 4.74 Å². The van der Waals surface area contributed by atoms with Gasteiger partial charge >= 0.3 is 5.97 Å². The molecule has 0 unspecified atom stereocenters. The van der Waals surface area contributed by atoms with Crippen LogP contribution in [-0.4, -0.2) is 23.3 Å². The van der Waals surface area contributed by atoms with Gasteiger partial charge in [0.25, 0.3) is 0 Å². The number of rotatable bonds is 2. The summed E-state index contributed by atoms with van der Waals surface area (Å²) in [5.74, 6) is -0.921. The highest BCUT2D eigenvalue weighted by molar-refractivity contribution is 5.92. The first kappa shape index (κ1) is 11.0. The molecule has 0 aliphatic rings. The van der Waals surface area contributed by atoms with Gasteiger partial charge in [0.05, 0.1) is 30.9 Å². The largest absolute Gasteiger partial charge is 0.508 e. The fourth-order valence-corrected chi connectivity index (χ4v) is 1.22. The van der Waals surface area contributed by atoms with Crippen molar-refractivity contribution in [2.75, 3.05) is 7.11 Å². The molecule has 0 saturated carbocycles. The normalized spacial score (nSPS) is 9.40. The number of aliphatic hydroxyl groups is 1. The molecule has 0 aliphatic heterocycles. The second-order valence-electron chi connectivity index (χ2n) is 2.78. The van der Waals surface area contributed by atoms with Crippen molar-refractivity contribution in [1.29, 1.82) is 5.26 Å². The Bertz CT molecular complexity index is 434. The summed E-state index contributed by atoms with van der Waals surface area (Å²) in [4.78, 5) is 11.3. The van der Waals surface area contributed by atoms with Crippen molar-refractivity contribution >= 4 is 5.97 Å². The van der Waals surface area contributed by atoms with Crippen LogP contribution in [0.4, 0.5) is 0 Å². The monoisotopic (exact) mass is 207 g/mol. The average Bonchev–Trinajstić information content (AvgIpc) is 2.26. The Hall–Kier alpha value is -2.06. The number of methoxy groups -OCH3 is 1. The molecule has 0 atom stereocenters. The lowest BCUT2D eigenvalue weighted by Gasteiger charge is -2.07. The Morgan fingerprint density at radius 1 is 1.60 bits per heavy atom. The average molecular weight is 207 g/mol. The number of esters is 1. The summed E-state index contributed by atoms with van der Waals surface area (Å²) in [5.41, 5.74) is 0.205. The van der Waals surface area contributed by atoms with Gasteiger partial charge in [-0.1, -0.05) is 0 Å². The SMILES string of the molecule is COC(=O)c1cc(O)cc(C#N)c1CO. The number of nitrogens with zero attached hydrogens (tertiary/aromatic N) is 1. The number of hydrogen-bond donors (Lipinski definition) is 2. The highest BCUT2D eigenvalue weighted by Crippen LogP contribution is 2.22. The van der Waals surface area contributed by atoms with Crippen molar-refractivity contribution in [2.45, 2.75) is 6.61 Å². The van der Waals surface area contributed by atoms with Gasteiger partial charge in [-0.25, -0.2) is 4.79 Å². The van der Waals surface area contributed by atoms with Gasteiger partial charge in [0.2, 0.25) is 0 Å². The van der Waals surface area contributed by atoms with Crippen LogP contribution in [0.2, 0.25) is 0 Å². The Kier molecular flexibility index (Phi) is 3.26. The highest BCUT2D eigenvalue weighted by atomic mass is 16.5. The predicted molar refractivity (Wildman–Crippen MR) is 50.1 cm³/mol. The lowest BCUT2D eigenvalue weighted by Crippen LogP contribution is -2.07. The van der Waals surface area contributed by atoms with Gasteiger partial charge in [0.15, 0.2) is 0 Å². The number of aliphatic hydroxyl groups excluding tert-OH is 1. The molecular formula is C10H9NO4. The molecule has 0 bridgehead atoms. The van der Waals surface area contributed by atoms with Gasteiger partial charge < -0.3 is 14.9 Å². The second-order valence-corrected chi connectivity index (χ2v) is 2.78. The standard InChI is InChI=1S/C10H9NO4/c1-15-10(14)8-3-7(13)2-6(4-11)9(8)5-12/h2-3,12-13H,5H2,1H3. The fraction of sp³-hybridized carbons (Fsp3) is 0.200. The Morgan fingerprint density at radius 3 is 2.73 bits per heavy atom. The first-order valence-corrected chi connectivity index (χ1v) is 4.09. The van der Waals surface area contributed by atoms with Gasteiger partial charge in [-0.05, 0) is 12.1 Å². The first-order valence-electron chi connectivity index (χ1n) is 4.09. The molecule has 5 nitrogen and oxygen atoms in total. The molecule has 0 amide bonds. The molecule has 0 heterocycles. The number of phenols is 1. The van der Waals surface area contributed by atoms with Gasteiger partial charge in [0, 0.05) is 5.56 Å². The van der Waals surface area contributed by atoms with Crippen LogP contribution in [0.1, 0.15) is 21.5 Å². The third-order valence-corrected chi connectivity index (χ3v) is 1.92. The van der Waals surface area contributed by atoms with E-state index in [0.29, 0.717) is 0 Å². The summed E-state index contributed by atoms with van der Waals surface area (Å²) in [6.45, 7) is -0.465. The van der Waals surface area contributed by atoms with E-state index >= 15 is 0 Å². The summed E-state index contributed by atoms with van der Waals surface area (Å²) in [5, 5.41) is 27.0. The maximum absolute atomic E-state index is 11.3. The Morgan fingerprint density at radius 2 is 2.27 bits per heavy atom. The second kappa shape index (κ2) is 4.44. The van der Waals surface area contributed by atoms with Crippen molar-refractivity contribution in [3.05, 3.63) is 28.8 Å². The molecule has 0 fully saturated rings. The molecule has 0 saturated heterocycles. The first-order chi connectivity index (χ1) is 7.13. The summed E-state index contributed by atoms with van der Waals surface area (Å²) in [6.07, 6.45) is 0. The zero-order valence-electron chi connectivity index (χ0n) is 8.02. The van der Waals surface area contributed by atoms with Crippen molar-refractivity contribution in [2.24, 2.45) is 0 Å². The van der Waals surface area contributed by atoms with E-state index in [1.54, 1.807) is 6.07 Å². The third-order valence-electron chi connectivity index (χ3n) is 1.92. The van der Waals surface area contributed by atoms with Crippen LogP contribution in [0.15, 0.2) is 12.1 Å². The molecule has 2 N–H and O–H groups in total. The lowest BCUT2D eigenvalue weighted by molar-refractivity contribution is 0.0596. The molecule has 1 aromatic rings. The Balaban J connectivity index is 3.43. The van der Waals surface area contributed by atoms with Crippen LogP contribution >= 0.6 is 0 Å². The van der Waals surface area contributed by atoms with Crippen molar-refractivity contribution in [1.82, 2.24) is 0 Å². The number of aromatic hydroxyl groups is 1. The predicted octanol–water partition coefficient (Wildman–Crippen LogP) is 0.543. The van der Waals surface area contributed by atoms with Crippen LogP contribution in [-0.2, 0) is 11.3 Å². The van der Waals surface area contributed by atoms with Gasteiger partial charge in [-0.15, -0.1) is 0 Å². The number of carbonyl (C=O) groups is 1. The van der Waals surface area contributed by atoms with Crippen LogP contribution in [0, 0.1) is 11.3 Å². The van der Waals surface area contributed by atoms with Crippen LogP contribution in [0.5, 0.6) is 5.75 Å². The summed E-state index contributed by atoms with van der Waals surface area (Å²) in [6, 6.07) is 4.11. The van der Waals surface area contributed by atoms with Gasteiger partial charge in [0.1, 0.15) is 5.75 Å². The van der Waals surface area contributed by atoms with Crippen molar-refractivity contribution in [3.8, 4) is 11.8 Å². The Labute approximate surface area is 86.1 Å².